The molecule has 0 amide bonds. The summed E-state index contributed by atoms with van der Waals surface area (Å²) >= 11 is 0. The molecule has 2 aliphatic carbocycles. The summed E-state index contributed by atoms with van der Waals surface area (Å²) in [4.78, 5) is 0. The standard InChI is InChI=1S/C10H18N2O2/c1-9(2)6-4-8(11-13)10(3,12-14)5-7(6)9/h6-7,12-14H,4-5H2,1-3H3/b11-8-/t6-,7+,10-/m1/s1. The van der Waals surface area contributed by atoms with Crippen LogP contribution in [-0.4, -0.2) is 21.7 Å². The summed E-state index contributed by atoms with van der Waals surface area (Å²) in [5.41, 5.74) is 2.76. The fraction of sp³-hybridized carbons (Fsp3) is 0.900. The van der Waals surface area contributed by atoms with Gasteiger partial charge in [-0.1, -0.05) is 19.0 Å². The van der Waals surface area contributed by atoms with E-state index in [1.54, 1.807) is 0 Å². The first-order valence-electron chi connectivity index (χ1n) is 5.08. The zero-order chi connectivity index (χ0) is 10.6. The van der Waals surface area contributed by atoms with E-state index in [-0.39, 0.29) is 0 Å². The summed E-state index contributed by atoms with van der Waals surface area (Å²) in [5.74, 6) is 1.26. The highest BCUT2D eigenvalue weighted by atomic mass is 16.5. The van der Waals surface area contributed by atoms with Crippen molar-refractivity contribution in [3.63, 3.8) is 0 Å². The van der Waals surface area contributed by atoms with E-state index in [0.717, 1.165) is 12.8 Å². The molecular weight excluding hydrogens is 180 g/mol. The van der Waals surface area contributed by atoms with Crippen molar-refractivity contribution >= 4 is 5.71 Å². The van der Waals surface area contributed by atoms with Crippen LogP contribution in [0, 0.1) is 17.3 Å². The lowest BCUT2D eigenvalue weighted by atomic mass is 9.82. The van der Waals surface area contributed by atoms with Gasteiger partial charge in [-0.15, -0.1) is 0 Å². The van der Waals surface area contributed by atoms with Crippen LogP contribution >= 0.6 is 0 Å². The molecule has 80 valence electrons. The molecule has 0 bridgehead atoms. The van der Waals surface area contributed by atoms with Crippen molar-refractivity contribution in [3.05, 3.63) is 0 Å². The van der Waals surface area contributed by atoms with Crippen molar-refractivity contribution in [2.75, 3.05) is 0 Å². The Morgan fingerprint density at radius 2 is 2.00 bits per heavy atom. The number of nitrogens with one attached hydrogen (secondary N) is 1. The Kier molecular flexibility index (Phi) is 1.92. The van der Waals surface area contributed by atoms with Crippen LogP contribution in [-0.2, 0) is 0 Å². The molecule has 0 heterocycles. The van der Waals surface area contributed by atoms with E-state index in [4.69, 9.17) is 10.4 Å². The van der Waals surface area contributed by atoms with Gasteiger partial charge in [-0.25, -0.2) is 0 Å². The Balaban J connectivity index is 2.23. The lowest BCUT2D eigenvalue weighted by molar-refractivity contribution is 0.0902. The maximum absolute atomic E-state index is 9.12. The molecule has 0 radical (unpaired) electrons. The molecule has 2 saturated carbocycles. The summed E-state index contributed by atoms with van der Waals surface area (Å²) in [6, 6.07) is 0. The molecule has 2 aliphatic rings. The second-order valence-electron chi connectivity index (χ2n) is 5.43. The normalized spacial score (nSPS) is 47.6. The first-order valence-corrected chi connectivity index (χ1v) is 5.08. The van der Waals surface area contributed by atoms with Crippen LogP contribution in [0.1, 0.15) is 33.6 Å². The average Bonchev–Trinajstić information content (AvgIpc) is 2.66. The van der Waals surface area contributed by atoms with Crippen LogP contribution in [0.4, 0.5) is 0 Å². The van der Waals surface area contributed by atoms with Gasteiger partial charge in [0.2, 0.25) is 0 Å². The minimum absolute atomic E-state index is 0.338. The monoisotopic (exact) mass is 198 g/mol. The molecule has 0 aromatic rings. The molecule has 0 aliphatic heterocycles. The Bertz CT molecular complexity index is 288. The molecule has 14 heavy (non-hydrogen) atoms. The van der Waals surface area contributed by atoms with E-state index in [2.05, 4.69) is 24.5 Å². The molecule has 4 heteroatoms. The van der Waals surface area contributed by atoms with Gasteiger partial charge in [-0.2, -0.15) is 5.48 Å². The van der Waals surface area contributed by atoms with E-state index < -0.39 is 5.54 Å². The third kappa shape index (κ3) is 1.10. The van der Waals surface area contributed by atoms with Crippen LogP contribution in [0.2, 0.25) is 0 Å². The molecule has 0 spiro atoms. The molecule has 0 aromatic carbocycles. The Morgan fingerprint density at radius 1 is 1.36 bits per heavy atom. The van der Waals surface area contributed by atoms with Gasteiger partial charge in [0.15, 0.2) is 0 Å². The second-order valence-corrected chi connectivity index (χ2v) is 5.43. The predicted molar refractivity (Wildman–Crippen MR) is 52.5 cm³/mol. The van der Waals surface area contributed by atoms with Gasteiger partial charge >= 0.3 is 0 Å². The van der Waals surface area contributed by atoms with E-state index in [1.165, 1.54) is 0 Å². The van der Waals surface area contributed by atoms with E-state index in [9.17, 15) is 0 Å². The fourth-order valence-corrected chi connectivity index (χ4v) is 2.92. The highest BCUT2D eigenvalue weighted by Gasteiger charge is 2.63. The largest absolute Gasteiger partial charge is 0.411 e. The number of fused-ring (bicyclic) bond motifs is 1. The first kappa shape index (κ1) is 9.93. The highest BCUT2D eigenvalue weighted by Crippen LogP contribution is 2.65. The van der Waals surface area contributed by atoms with E-state index in [0.29, 0.717) is 23.0 Å². The van der Waals surface area contributed by atoms with Gasteiger partial charge in [0.25, 0.3) is 0 Å². The lowest BCUT2D eigenvalue weighted by Gasteiger charge is -2.32. The quantitative estimate of drug-likeness (QED) is 0.443. The van der Waals surface area contributed by atoms with Crippen LogP contribution in [0.25, 0.3) is 0 Å². The number of hydrogen-bond acceptors (Lipinski definition) is 4. The smallest absolute Gasteiger partial charge is 0.0818 e. The maximum atomic E-state index is 9.12. The Hall–Kier alpha value is -0.610. The topological polar surface area (TPSA) is 64.9 Å². The van der Waals surface area contributed by atoms with Gasteiger partial charge in [-0.05, 0) is 37.0 Å². The van der Waals surface area contributed by atoms with Crippen LogP contribution in [0.15, 0.2) is 5.16 Å². The summed E-state index contributed by atoms with van der Waals surface area (Å²) in [6.07, 6.45) is 1.64. The molecule has 2 fully saturated rings. The highest BCUT2D eigenvalue weighted by molar-refractivity contribution is 5.94. The second kappa shape index (κ2) is 2.70. The number of oxime groups is 1. The molecule has 4 nitrogen and oxygen atoms in total. The number of nitrogens with zero attached hydrogens (tertiary/aromatic N) is 1. The van der Waals surface area contributed by atoms with Gasteiger partial charge in [0.05, 0.1) is 11.3 Å². The van der Waals surface area contributed by atoms with Crippen molar-refractivity contribution in [1.82, 2.24) is 5.48 Å². The third-order valence-electron chi connectivity index (χ3n) is 4.33. The molecule has 3 N–H and O–H groups in total. The molecule has 0 aromatic heterocycles. The number of hydroxylamine groups is 1. The van der Waals surface area contributed by atoms with Crippen molar-refractivity contribution < 1.29 is 10.4 Å². The van der Waals surface area contributed by atoms with Crippen LogP contribution < -0.4 is 5.48 Å². The molecule has 0 unspecified atom stereocenters. The fourth-order valence-electron chi connectivity index (χ4n) is 2.92. The van der Waals surface area contributed by atoms with E-state index in [1.807, 2.05) is 6.92 Å². The average molecular weight is 198 g/mol. The lowest BCUT2D eigenvalue weighted by Crippen LogP contribution is -2.50. The Morgan fingerprint density at radius 3 is 2.50 bits per heavy atom. The molecular formula is C10H18N2O2. The molecule has 3 atom stereocenters. The van der Waals surface area contributed by atoms with Gasteiger partial charge in [-0.3, -0.25) is 0 Å². The zero-order valence-electron chi connectivity index (χ0n) is 8.91. The van der Waals surface area contributed by atoms with Gasteiger partial charge < -0.3 is 10.4 Å². The predicted octanol–water partition coefficient (Wildman–Crippen LogP) is 1.62. The summed E-state index contributed by atoms with van der Waals surface area (Å²) in [5, 5.41) is 21.3. The maximum Gasteiger partial charge on any atom is 0.0818 e. The number of rotatable bonds is 1. The van der Waals surface area contributed by atoms with Crippen molar-refractivity contribution in [2.24, 2.45) is 22.4 Å². The van der Waals surface area contributed by atoms with Crippen LogP contribution in [0.5, 0.6) is 0 Å². The summed E-state index contributed by atoms with van der Waals surface area (Å²) in [7, 11) is 0. The zero-order valence-corrected chi connectivity index (χ0v) is 8.91. The van der Waals surface area contributed by atoms with E-state index >= 15 is 0 Å². The molecule has 0 saturated heterocycles. The Labute approximate surface area is 84.0 Å². The summed E-state index contributed by atoms with van der Waals surface area (Å²) in [6.45, 7) is 6.35. The van der Waals surface area contributed by atoms with Gasteiger partial charge in [0, 0.05) is 0 Å². The first-order chi connectivity index (χ1) is 6.45. The van der Waals surface area contributed by atoms with Crippen molar-refractivity contribution in [1.29, 1.82) is 0 Å². The van der Waals surface area contributed by atoms with Gasteiger partial charge in [0.1, 0.15) is 0 Å². The molecule has 2 rings (SSSR count). The minimum Gasteiger partial charge on any atom is -0.411 e. The van der Waals surface area contributed by atoms with Crippen molar-refractivity contribution in [2.45, 2.75) is 39.2 Å². The van der Waals surface area contributed by atoms with Crippen molar-refractivity contribution in [3.8, 4) is 0 Å². The minimum atomic E-state index is -0.538. The SMILES string of the molecule is CC1(C)[C@@H]2C/C(=N/O)[C@](C)(NO)C[C@@H]21. The summed E-state index contributed by atoms with van der Waals surface area (Å²) < 4.78 is 0. The van der Waals surface area contributed by atoms with Crippen LogP contribution in [0.3, 0.4) is 0 Å². The third-order valence-corrected chi connectivity index (χ3v) is 4.33. The number of hydrogen-bond donors (Lipinski definition) is 3.